The number of carboxylic acids is 2. The van der Waals surface area contributed by atoms with Gasteiger partial charge in [-0.15, -0.1) is 0 Å². The first-order chi connectivity index (χ1) is 13.1. The zero-order valence-electron chi connectivity index (χ0n) is 18.0. The lowest BCUT2D eigenvalue weighted by atomic mass is 10.1. The highest BCUT2D eigenvalue weighted by Crippen LogP contribution is 2.09. The van der Waals surface area contributed by atoms with Gasteiger partial charge in [0.1, 0.15) is 17.2 Å². The highest BCUT2D eigenvalue weighted by atomic mass is 16.6. The largest absolute Gasteiger partial charge is 0.480 e. The SMILES string of the molecule is CC(C)(C)OC(=O)NCCCC[C@H](NC(=O)OC(C)(C)C)C(=O)O.NCC(=O)O. The number of hydrogen-bond acceptors (Lipinski definition) is 7. The highest BCUT2D eigenvalue weighted by Gasteiger charge is 2.23. The predicted molar refractivity (Wildman–Crippen MR) is 106 cm³/mol. The maximum absolute atomic E-state index is 11.6. The normalized spacial score (nSPS) is 12.0. The molecule has 1 atom stereocenters. The molecular formula is C18H35N3O8. The molecule has 0 aromatic carbocycles. The number of ether oxygens (including phenoxy) is 2. The minimum Gasteiger partial charge on any atom is -0.480 e. The summed E-state index contributed by atoms with van der Waals surface area (Å²) in [5.41, 5.74) is 3.32. The molecule has 11 heteroatoms. The standard InChI is InChI=1S/C16H30N2O6.C2H5NO2/c1-15(2,3)23-13(21)17-10-8-7-9-11(12(19)20)18-14(22)24-16(4,5)6;3-1-2(4)5/h11H,7-10H2,1-6H3,(H,17,21)(H,18,22)(H,19,20);1,3H2,(H,4,5)/t11-;/m0./s1. The lowest BCUT2D eigenvalue weighted by Gasteiger charge is -2.22. The Balaban J connectivity index is 0. The number of nitrogens with two attached hydrogens (primary N) is 1. The summed E-state index contributed by atoms with van der Waals surface area (Å²) < 4.78 is 10.1. The van der Waals surface area contributed by atoms with Crippen molar-refractivity contribution in [1.29, 1.82) is 0 Å². The van der Waals surface area contributed by atoms with Crippen LogP contribution in [-0.4, -0.2) is 64.7 Å². The number of hydrogen-bond donors (Lipinski definition) is 5. The molecule has 0 aliphatic carbocycles. The Morgan fingerprint density at radius 1 is 0.897 bits per heavy atom. The maximum atomic E-state index is 11.6. The van der Waals surface area contributed by atoms with Gasteiger partial charge in [-0.2, -0.15) is 0 Å². The molecule has 0 aliphatic heterocycles. The third-order valence-corrected chi connectivity index (χ3v) is 2.75. The topological polar surface area (TPSA) is 177 Å². The zero-order valence-corrected chi connectivity index (χ0v) is 18.0. The molecule has 0 heterocycles. The quantitative estimate of drug-likeness (QED) is 0.365. The third kappa shape index (κ3) is 21.6. The maximum Gasteiger partial charge on any atom is 0.408 e. The van der Waals surface area contributed by atoms with Crippen molar-refractivity contribution in [1.82, 2.24) is 10.6 Å². The number of carbonyl (C=O) groups is 4. The van der Waals surface area contributed by atoms with Crippen molar-refractivity contribution in [3.63, 3.8) is 0 Å². The van der Waals surface area contributed by atoms with E-state index in [9.17, 15) is 19.2 Å². The van der Waals surface area contributed by atoms with Crippen LogP contribution in [0.2, 0.25) is 0 Å². The summed E-state index contributed by atoms with van der Waals surface area (Å²) in [5.74, 6) is -2.09. The van der Waals surface area contributed by atoms with Crippen molar-refractivity contribution in [2.45, 2.75) is 78.0 Å². The van der Waals surface area contributed by atoms with E-state index in [1.54, 1.807) is 41.5 Å². The summed E-state index contributed by atoms with van der Waals surface area (Å²) >= 11 is 0. The first-order valence-electron chi connectivity index (χ1n) is 9.18. The molecule has 0 aliphatic rings. The molecule has 0 spiro atoms. The van der Waals surface area contributed by atoms with Crippen molar-refractivity contribution >= 4 is 24.1 Å². The zero-order chi connectivity index (χ0) is 23.3. The minimum atomic E-state index is -1.12. The van der Waals surface area contributed by atoms with Gasteiger partial charge >= 0.3 is 24.1 Å². The van der Waals surface area contributed by atoms with Gasteiger partial charge in [-0.1, -0.05) is 0 Å². The number of unbranched alkanes of at least 4 members (excludes halogenated alkanes) is 1. The molecule has 0 rings (SSSR count). The van der Waals surface area contributed by atoms with Crippen molar-refractivity contribution in [2.24, 2.45) is 5.73 Å². The van der Waals surface area contributed by atoms with Crippen LogP contribution in [0.15, 0.2) is 0 Å². The van der Waals surface area contributed by atoms with Crippen LogP contribution in [-0.2, 0) is 19.1 Å². The van der Waals surface area contributed by atoms with E-state index in [1.807, 2.05) is 0 Å². The highest BCUT2D eigenvalue weighted by molar-refractivity contribution is 5.79. The Morgan fingerprint density at radius 3 is 1.72 bits per heavy atom. The lowest BCUT2D eigenvalue weighted by Crippen LogP contribution is -2.43. The molecule has 2 amide bonds. The molecule has 0 aromatic heterocycles. The first-order valence-corrected chi connectivity index (χ1v) is 9.18. The number of nitrogens with one attached hydrogen (secondary N) is 2. The Hall–Kier alpha value is -2.56. The molecule has 0 aromatic rings. The number of alkyl carbamates (subject to hydrolysis) is 2. The van der Waals surface area contributed by atoms with Crippen LogP contribution in [0.1, 0.15) is 60.8 Å². The Kier molecular flexibility index (Phi) is 13.4. The van der Waals surface area contributed by atoms with Crippen LogP contribution in [0.25, 0.3) is 0 Å². The van der Waals surface area contributed by atoms with E-state index in [0.29, 0.717) is 19.4 Å². The van der Waals surface area contributed by atoms with Gasteiger partial charge in [0.25, 0.3) is 0 Å². The molecule has 0 unspecified atom stereocenters. The van der Waals surface area contributed by atoms with Crippen molar-refractivity contribution < 1.29 is 38.9 Å². The molecule has 0 saturated carbocycles. The molecular weight excluding hydrogens is 386 g/mol. The van der Waals surface area contributed by atoms with Crippen LogP contribution in [0.4, 0.5) is 9.59 Å². The first kappa shape index (κ1) is 28.6. The average molecular weight is 421 g/mol. The number of carboxylic acid groups (broad SMARTS) is 2. The van der Waals surface area contributed by atoms with Crippen molar-refractivity contribution in [2.75, 3.05) is 13.1 Å². The van der Waals surface area contributed by atoms with Crippen LogP contribution < -0.4 is 16.4 Å². The second-order valence-corrected chi connectivity index (χ2v) is 8.06. The minimum absolute atomic E-state index is 0.241. The molecule has 29 heavy (non-hydrogen) atoms. The van der Waals surface area contributed by atoms with E-state index < -0.39 is 41.4 Å². The van der Waals surface area contributed by atoms with Crippen LogP contribution in [0.3, 0.4) is 0 Å². The number of amides is 2. The second-order valence-electron chi connectivity index (χ2n) is 8.06. The summed E-state index contributed by atoms with van der Waals surface area (Å²) in [6.07, 6.45) is 0.0533. The van der Waals surface area contributed by atoms with E-state index in [1.165, 1.54) is 0 Å². The van der Waals surface area contributed by atoms with Crippen molar-refractivity contribution in [3.05, 3.63) is 0 Å². The van der Waals surface area contributed by atoms with E-state index in [4.69, 9.17) is 19.7 Å². The number of rotatable bonds is 8. The smallest absolute Gasteiger partial charge is 0.408 e. The van der Waals surface area contributed by atoms with Gasteiger partial charge in [0, 0.05) is 6.54 Å². The molecule has 11 nitrogen and oxygen atoms in total. The third-order valence-electron chi connectivity index (χ3n) is 2.75. The summed E-state index contributed by atoms with van der Waals surface area (Å²) in [7, 11) is 0. The van der Waals surface area contributed by atoms with Gasteiger partial charge in [-0.3, -0.25) is 4.79 Å². The van der Waals surface area contributed by atoms with Gasteiger partial charge < -0.3 is 36.1 Å². The second kappa shape index (κ2) is 13.6. The summed E-state index contributed by atoms with van der Waals surface area (Å²) in [5, 5.41) is 21.7. The average Bonchev–Trinajstić information content (AvgIpc) is 2.50. The fourth-order valence-corrected chi connectivity index (χ4v) is 1.69. The van der Waals surface area contributed by atoms with Crippen LogP contribution in [0, 0.1) is 0 Å². The monoisotopic (exact) mass is 421 g/mol. The van der Waals surface area contributed by atoms with E-state index in [-0.39, 0.29) is 13.0 Å². The number of carbonyl (C=O) groups excluding carboxylic acids is 2. The molecule has 0 fully saturated rings. The summed E-state index contributed by atoms with van der Waals surface area (Å²) in [4.78, 5) is 43.5. The molecule has 0 radical (unpaired) electrons. The van der Waals surface area contributed by atoms with Crippen LogP contribution >= 0.6 is 0 Å². The lowest BCUT2D eigenvalue weighted by molar-refractivity contribution is -0.139. The van der Waals surface area contributed by atoms with Gasteiger partial charge in [0.15, 0.2) is 0 Å². The number of aliphatic carboxylic acids is 2. The summed E-state index contributed by atoms with van der Waals surface area (Å²) in [6.45, 7) is 10.5. The fraction of sp³-hybridized carbons (Fsp3) is 0.778. The molecule has 170 valence electrons. The Bertz CT molecular complexity index is 538. The van der Waals surface area contributed by atoms with Crippen LogP contribution in [0.5, 0.6) is 0 Å². The fourth-order valence-electron chi connectivity index (χ4n) is 1.69. The van der Waals surface area contributed by atoms with E-state index in [0.717, 1.165) is 0 Å². The Labute approximate surface area is 171 Å². The van der Waals surface area contributed by atoms with Gasteiger partial charge in [-0.05, 0) is 60.8 Å². The predicted octanol–water partition coefficient (Wildman–Crippen LogP) is 1.69. The van der Waals surface area contributed by atoms with E-state index >= 15 is 0 Å². The molecule has 0 saturated heterocycles. The molecule has 6 N–H and O–H groups in total. The van der Waals surface area contributed by atoms with Gasteiger partial charge in [0.05, 0.1) is 6.54 Å². The molecule has 0 bridgehead atoms. The Morgan fingerprint density at radius 2 is 1.34 bits per heavy atom. The van der Waals surface area contributed by atoms with Gasteiger partial charge in [0.2, 0.25) is 0 Å². The van der Waals surface area contributed by atoms with Gasteiger partial charge in [-0.25, -0.2) is 14.4 Å². The van der Waals surface area contributed by atoms with Crippen molar-refractivity contribution in [3.8, 4) is 0 Å². The van der Waals surface area contributed by atoms with E-state index in [2.05, 4.69) is 16.4 Å². The summed E-state index contributed by atoms with van der Waals surface area (Å²) in [6, 6.07) is -1.03.